The maximum Gasteiger partial charge on any atom is 0.435 e. The third kappa shape index (κ3) is 2.39. The molecule has 0 aromatic carbocycles. The molecule has 1 aliphatic carbocycles. The van der Waals surface area contributed by atoms with Gasteiger partial charge < -0.3 is 5.11 Å². The Labute approximate surface area is 104 Å². The average Bonchev–Trinajstić information content (AvgIpc) is 2.70. The third-order valence-electron chi connectivity index (χ3n) is 3.72. The summed E-state index contributed by atoms with van der Waals surface area (Å²) in [5, 5.41) is 13.8. The zero-order valence-corrected chi connectivity index (χ0v) is 10.4. The predicted molar refractivity (Wildman–Crippen MR) is 59.9 cm³/mol. The van der Waals surface area contributed by atoms with Crippen molar-refractivity contribution in [2.45, 2.75) is 51.4 Å². The van der Waals surface area contributed by atoms with Gasteiger partial charge in [0.2, 0.25) is 0 Å². The molecule has 1 aromatic rings. The molecule has 0 amide bonds. The second-order valence-electron chi connectivity index (χ2n) is 5.57. The minimum absolute atomic E-state index is 0.284. The number of aliphatic hydroxyl groups excluding tert-OH is 1. The fraction of sp³-hybridized carbons (Fsp3) is 0.750. The van der Waals surface area contributed by atoms with Crippen molar-refractivity contribution in [1.29, 1.82) is 0 Å². The van der Waals surface area contributed by atoms with Gasteiger partial charge in [0.15, 0.2) is 5.69 Å². The van der Waals surface area contributed by atoms with Gasteiger partial charge in [0.1, 0.15) is 0 Å². The normalized spacial score (nSPS) is 28.3. The molecule has 2 rings (SSSR count). The average molecular weight is 262 g/mol. The Hall–Kier alpha value is -1.04. The highest BCUT2D eigenvalue weighted by Crippen LogP contribution is 2.41. The van der Waals surface area contributed by atoms with Crippen molar-refractivity contribution in [3.05, 3.63) is 18.0 Å². The van der Waals surface area contributed by atoms with E-state index in [9.17, 15) is 18.3 Å². The van der Waals surface area contributed by atoms with Crippen molar-refractivity contribution in [3.8, 4) is 0 Å². The molecule has 0 spiro atoms. The highest BCUT2D eigenvalue weighted by atomic mass is 19.4. The van der Waals surface area contributed by atoms with Gasteiger partial charge in [0.05, 0.1) is 12.1 Å². The summed E-state index contributed by atoms with van der Waals surface area (Å²) in [5.74, 6) is 0. The van der Waals surface area contributed by atoms with Crippen LogP contribution in [0.15, 0.2) is 12.3 Å². The quantitative estimate of drug-likeness (QED) is 0.844. The Morgan fingerprint density at radius 3 is 2.67 bits per heavy atom. The van der Waals surface area contributed by atoms with Gasteiger partial charge in [-0.3, -0.25) is 4.68 Å². The van der Waals surface area contributed by atoms with Gasteiger partial charge in [-0.15, -0.1) is 0 Å². The standard InChI is InChI=1S/C12H17F3N2O/c1-11(2)6-3-4-8(10(11)18)17-7-5-9(16-17)12(13,14)15/h5,7-8,10,18H,3-4,6H2,1-2H3. The highest BCUT2D eigenvalue weighted by Gasteiger charge is 2.40. The summed E-state index contributed by atoms with van der Waals surface area (Å²) in [6.07, 6.45) is -1.39. The van der Waals surface area contributed by atoms with Crippen molar-refractivity contribution in [1.82, 2.24) is 9.78 Å². The number of hydrogen-bond acceptors (Lipinski definition) is 2. The lowest BCUT2D eigenvalue weighted by Crippen LogP contribution is -2.41. The van der Waals surface area contributed by atoms with E-state index in [-0.39, 0.29) is 11.5 Å². The molecule has 0 bridgehead atoms. The largest absolute Gasteiger partial charge is 0.435 e. The highest BCUT2D eigenvalue weighted by molar-refractivity contribution is 5.05. The first-order chi connectivity index (χ1) is 8.22. The molecule has 1 fully saturated rings. The number of halogens is 3. The maximum absolute atomic E-state index is 12.5. The van der Waals surface area contributed by atoms with Crippen molar-refractivity contribution < 1.29 is 18.3 Å². The zero-order valence-electron chi connectivity index (χ0n) is 10.4. The number of aliphatic hydroxyl groups is 1. The monoisotopic (exact) mass is 262 g/mol. The second kappa shape index (κ2) is 4.26. The number of alkyl halides is 3. The smallest absolute Gasteiger partial charge is 0.390 e. The number of nitrogens with zero attached hydrogens (tertiary/aromatic N) is 2. The molecule has 0 aliphatic heterocycles. The van der Waals surface area contributed by atoms with Gasteiger partial charge in [-0.2, -0.15) is 18.3 Å². The minimum atomic E-state index is -4.43. The van der Waals surface area contributed by atoms with Crippen LogP contribution in [-0.2, 0) is 6.18 Å². The van der Waals surface area contributed by atoms with Gasteiger partial charge in [-0.05, 0) is 24.3 Å². The van der Waals surface area contributed by atoms with E-state index in [2.05, 4.69) is 5.10 Å². The molecule has 2 atom stereocenters. The minimum Gasteiger partial charge on any atom is -0.390 e. The molecule has 18 heavy (non-hydrogen) atoms. The van der Waals surface area contributed by atoms with Crippen LogP contribution in [0.25, 0.3) is 0 Å². The summed E-state index contributed by atoms with van der Waals surface area (Å²) in [7, 11) is 0. The van der Waals surface area contributed by atoms with E-state index in [4.69, 9.17) is 0 Å². The SMILES string of the molecule is CC1(C)CCCC(n2ccc(C(F)(F)F)n2)C1O. The number of aromatic nitrogens is 2. The van der Waals surface area contributed by atoms with E-state index >= 15 is 0 Å². The van der Waals surface area contributed by atoms with Crippen molar-refractivity contribution >= 4 is 0 Å². The lowest BCUT2D eigenvalue weighted by Gasteiger charge is -2.40. The van der Waals surface area contributed by atoms with Gasteiger partial charge in [-0.25, -0.2) is 0 Å². The molecule has 6 heteroatoms. The van der Waals surface area contributed by atoms with Crippen LogP contribution in [-0.4, -0.2) is 21.0 Å². The fourth-order valence-corrected chi connectivity index (χ4v) is 2.54. The Bertz CT molecular complexity index is 425. The molecule has 2 unspecified atom stereocenters. The number of hydrogen-bond donors (Lipinski definition) is 1. The summed E-state index contributed by atoms with van der Waals surface area (Å²) >= 11 is 0. The first-order valence-electron chi connectivity index (χ1n) is 6.02. The molecule has 1 saturated carbocycles. The molecule has 1 aromatic heterocycles. The first kappa shape index (κ1) is 13.4. The molecule has 1 aliphatic rings. The lowest BCUT2D eigenvalue weighted by atomic mass is 9.72. The molecule has 1 N–H and O–H groups in total. The molecular weight excluding hydrogens is 245 g/mol. The van der Waals surface area contributed by atoms with Gasteiger partial charge >= 0.3 is 6.18 Å². The Kier molecular flexibility index (Phi) is 3.17. The van der Waals surface area contributed by atoms with E-state index in [1.54, 1.807) is 0 Å². The van der Waals surface area contributed by atoms with Crippen LogP contribution in [0, 0.1) is 5.41 Å². The summed E-state index contributed by atoms with van der Waals surface area (Å²) in [6.45, 7) is 3.86. The maximum atomic E-state index is 12.5. The molecule has 0 saturated heterocycles. The van der Waals surface area contributed by atoms with Gasteiger partial charge in [0, 0.05) is 6.20 Å². The number of rotatable bonds is 1. The molecular formula is C12H17F3N2O. The summed E-state index contributed by atoms with van der Waals surface area (Å²) in [5.41, 5.74) is -1.19. The predicted octanol–water partition coefficient (Wildman–Crippen LogP) is 3.01. The Morgan fingerprint density at radius 2 is 2.11 bits per heavy atom. The Morgan fingerprint density at radius 1 is 1.44 bits per heavy atom. The summed E-state index contributed by atoms with van der Waals surface area (Å²) in [6, 6.07) is 0.582. The van der Waals surface area contributed by atoms with Crippen molar-refractivity contribution in [3.63, 3.8) is 0 Å². The zero-order chi connectivity index (χ0) is 13.6. The van der Waals surface area contributed by atoms with Crippen LogP contribution in [0.1, 0.15) is 44.8 Å². The van der Waals surface area contributed by atoms with Crippen LogP contribution in [0.3, 0.4) is 0 Å². The first-order valence-corrected chi connectivity index (χ1v) is 6.02. The van der Waals surface area contributed by atoms with Crippen LogP contribution >= 0.6 is 0 Å². The van der Waals surface area contributed by atoms with Crippen LogP contribution < -0.4 is 0 Å². The molecule has 102 valence electrons. The van der Waals surface area contributed by atoms with E-state index < -0.39 is 18.0 Å². The van der Waals surface area contributed by atoms with E-state index in [0.717, 1.165) is 18.9 Å². The second-order valence-corrected chi connectivity index (χ2v) is 5.57. The van der Waals surface area contributed by atoms with Crippen LogP contribution in [0.5, 0.6) is 0 Å². The molecule has 0 radical (unpaired) electrons. The van der Waals surface area contributed by atoms with Crippen molar-refractivity contribution in [2.24, 2.45) is 5.41 Å². The van der Waals surface area contributed by atoms with Crippen LogP contribution in [0.2, 0.25) is 0 Å². The van der Waals surface area contributed by atoms with E-state index in [1.165, 1.54) is 10.9 Å². The summed E-state index contributed by atoms with van der Waals surface area (Å²) < 4.78 is 38.7. The topological polar surface area (TPSA) is 38.0 Å². The van der Waals surface area contributed by atoms with Crippen LogP contribution in [0.4, 0.5) is 13.2 Å². The Balaban J connectivity index is 2.24. The van der Waals surface area contributed by atoms with Gasteiger partial charge in [0.25, 0.3) is 0 Å². The third-order valence-corrected chi connectivity index (χ3v) is 3.72. The lowest BCUT2D eigenvalue weighted by molar-refractivity contribution is -0.141. The molecule has 1 heterocycles. The fourth-order valence-electron chi connectivity index (χ4n) is 2.54. The molecule has 3 nitrogen and oxygen atoms in total. The van der Waals surface area contributed by atoms with Crippen molar-refractivity contribution in [2.75, 3.05) is 0 Å². The van der Waals surface area contributed by atoms with Gasteiger partial charge in [-0.1, -0.05) is 20.3 Å². The van der Waals surface area contributed by atoms with E-state index in [1.807, 2.05) is 13.8 Å². The van der Waals surface area contributed by atoms with E-state index in [0.29, 0.717) is 6.42 Å². The summed E-state index contributed by atoms with van der Waals surface area (Å²) in [4.78, 5) is 0.